The van der Waals surface area contributed by atoms with E-state index in [9.17, 15) is 0 Å². The van der Waals surface area contributed by atoms with Crippen LogP contribution in [0.2, 0.25) is 0 Å². The fourth-order valence-corrected chi connectivity index (χ4v) is 5.95. The van der Waals surface area contributed by atoms with Gasteiger partial charge in [-0.1, -0.05) is 115 Å². The molecule has 7 aromatic rings. The highest BCUT2D eigenvalue weighted by molar-refractivity contribution is 6.18. The van der Waals surface area contributed by atoms with Gasteiger partial charge in [0.2, 0.25) is 0 Å². The Labute approximate surface area is 232 Å². The summed E-state index contributed by atoms with van der Waals surface area (Å²) >= 11 is 0. The summed E-state index contributed by atoms with van der Waals surface area (Å²) in [5, 5.41) is 2.49. The number of hydrogen-bond acceptors (Lipinski definition) is 3. The number of hydrogen-bond donors (Lipinski definition) is 0. The fourth-order valence-electron chi connectivity index (χ4n) is 5.95. The van der Waals surface area contributed by atoms with Gasteiger partial charge in [-0.15, -0.1) is 0 Å². The molecule has 5 aromatic carbocycles. The Hall–Kier alpha value is -5.41. The molecule has 0 aliphatic heterocycles. The third-order valence-electron chi connectivity index (χ3n) is 7.76. The first-order valence-corrected chi connectivity index (χ1v) is 13.5. The zero-order valence-corrected chi connectivity index (χ0v) is 21.6. The van der Waals surface area contributed by atoms with Crippen LogP contribution in [0.15, 0.2) is 140 Å². The first kappa shape index (κ1) is 22.6. The van der Waals surface area contributed by atoms with Gasteiger partial charge in [-0.2, -0.15) is 0 Å². The minimum atomic E-state index is 0.709. The van der Waals surface area contributed by atoms with Crippen LogP contribution in [0.4, 0.5) is 0 Å². The highest BCUT2D eigenvalue weighted by Crippen LogP contribution is 2.49. The Morgan fingerprint density at radius 3 is 1.75 bits per heavy atom. The monoisotopic (exact) mass is 509 g/mol. The van der Waals surface area contributed by atoms with Crippen molar-refractivity contribution in [3.05, 3.63) is 140 Å². The molecule has 186 valence electrons. The van der Waals surface area contributed by atoms with Crippen LogP contribution < -0.4 is 0 Å². The van der Waals surface area contributed by atoms with E-state index in [0.29, 0.717) is 5.82 Å². The van der Waals surface area contributed by atoms with Crippen LogP contribution in [-0.2, 0) is 0 Å². The molecule has 0 amide bonds. The van der Waals surface area contributed by atoms with Gasteiger partial charge in [0.05, 0.1) is 11.4 Å². The van der Waals surface area contributed by atoms with Gasteiger partial charge in [-0.05, 0) is 50.7 Å². The van der Waals surface area contributed by atoms with Gasteiger partial charge in [0, 0.05) is 34.6 Å². The molecule has 3 heteroatoms. The van der Waals surface area contributed by atoms with E-state index in [0.717, 1.165) is 39.2 Å². The Balaban J connectivity index is 1.39. The number of benzene rings is 5. The summed E-state index contributed by atoms with van der Waals surface area (Å²) in [6.45, 7) is 0. The molecular weight excluding hydrogens is 486 g/mol. The number of nitrogens with zero attached hydrogens (tertiary/aromatic N) is 3. The average Bonchev–Trinajstić information content (AvgIpc) is 3.37. The van der Waals surface area contributed by atoms with Crippen molar-refractivity contribution in [3.63, 3.8) is 0 Å². The highest BCUT2D eigenvalue weighted by Gasteiger charge is 2.23. The lowest BCUT2D eigenvalue weighted by atomic mass is 9.94. The molecule has 0 radical (unpaired) electrons. The Bertz CT molecular complexity index is 2020. The van der Waals surface area contributed by atoms with E-state index < -0.39 is 0 Å². The van der Waals surface area contributed by atoms with E-state index in [4.69, 9.17) is 9.97 Å². The van der Waals surface area contributed by atoms with Crippen LogP contribution >= 0.6 is 0 Å². The second-order valence-corrected chi connectivity index (χ2v) is 10.0. The van der Waals surface area contributed by atoms with Crippen molar-refractivity contribution in [1.29, 1.82) is 0 Å². The molecule has 0 unspecified atom stereocenters. The van der Waals surface area contributed by atoms with E-state index in [-0.39, 0.29) is 0 Å². The molecule has 3 nitrogen and oxygen atoms in total. The number of aromatic nitrogens is 3. The van der Waals surface area contributed by atoms with Crippen LogP contribution in [0.5, 0.6) is 0 Å². The fraction of sp³-hybridized carbons (Fsp3) is 0. The standard InChI is InChI=1S/C37H23N3/c1-2-10-24(11-3-1)37-39-34(29-16-7-4-13-26(29)25-12-9-21-38-23-25)22-35(40-37)30-19-20-33-28-15-6-5-14-27(28)31-17-8-18-32(30)36(31)33/h1-23H. The maximum atomic E-state index is 5.16. The maximum Gasteiger partial charge on any atom is 0.160 e. The smallest absolute Gasteiger partial charge is 0.160 e. The zero-order valence-electron chi connectivity index (χ0n) is 21.6. The lowest BCUT2D eigenvalue weighted by Crippen LogP contribution is -1.97. The quantitative estimate of drug-likeness (QED) is 0.237. The number of fused-ring (bicyclic) bond motifs is 3. The molecule has 1 aliphatic rings. The van der Waals surface area contributed by atoms with Gasteiger partial charge in [0.25, 0.3) is 0 Å². The molecule has 1 aliphatic carbocycles. The van der Waals surface area contributed by atoms with E-state index >= 15 is 0 Å². The minimum absolute atomic E-state index is 0.709. The summed E-state index contributed by atoms with van der Waals surface area (Å²) < 4.78 is 0. The van der Waals surface area contributed by atoms with Gasteiger partial charge in [-0.3, -0.25) is 4.98 Å². The third kappa shape index (κ3) is 3.56. The molecular formula is C37H23N3. The van der Waals surface area contributed by atoms with E-state index in [1.807, 2.05) is 30.5 Å². The van der Waals surface area contributed by atoms with Crippen molar-refractivity contribution in [3.8, 4) is 67.3 Å². The van der Waals surface area contributed by atoms with Crippen molar-refractivity contribution in [2.75, 3.05) is 0 Å². The highest BCUT2D eigenvalue weighted by atomic mass is 14.9. The van der Waals surface area contributed by atoms with Gasteiger partial charge in [-0.25, -0.2) is 9.97 Å². The molecule has 8 rings (SSSR count). The van der Waals surface area contributed by atoms with Gasteiger partial charge in [0.15, 0.2) is 5.82 Å². The van der Waals surface area contributed by atoms with E-state index in [1.165, 1.54) is 33.0 Å². The first-order valence-electron chi connectivity index (χ1n) is 13.5. The summed E-state index contributed by atoms with van der Waals surface area (Å²) in [6, 6.07) is 44.6. The SMILES string of the molecule is c1ccc(-c2nc(-c3ccccc3-c3cccnc3)cc(-c3ccc4c5c(cccc35)-c3ccccc3-4)n2)cc1. The molecule has 0 spiro atoms. The lowest BCUT2D eigenvalue weighted by Gasteiger charge is -2.14. The van der Waals surface area contributed by atoms with E-state index in [2.05, 4.69) is 108 Å². The lowest BCUT2D eigenvalue weighted by molar-refractivity contribution is 1.18. The summed E-state index contributed by atoms with van der Waals surface area (Å²) in [4.78, 5) is 14.6. The van der Waals surface area contributed by atoms with Crippen molar-refractivity contribution >= 4 is 10.8 Å². The number of pyridine rings is 1. The maximum absolute atomic E-state index is 5.16. The Kier molecular flexibility index (Phi) is 5.14. The molecule has 0 atom stereocenters. The first-order chi connectivity index (χ1) is 19.8. The van der Waals surface area contributed by atoms with Crippen LogP contribution in [0, 0.1) is 0 Å². The van der Waals surface area contributed by atoms with Crippen LogP contribution in [0.1, 0.15) is 0 Å². The van der Waals surface area contributed by atoms with Crippen molar-refractivity contribution in [2.45, 2.75) is 0 Å². The molecule has 40 heavy (non-hydrogen) atoms. The van der Waals surface area contributed by atoms with Crippen LogP contribution in [0.25, 0.3) is 78.1 Å². The molecule has 0 bridgehead atoms. The van der Waals surface area contributed by atoms with Crippen molar-refractivity contribution in [2.24, 2.45) is 0 Å². The summed E-state index contributed by atoms with van der Waals surface area (Å²) in [5.74, 6) is 0.709. The van der Waals surface area contributed by atoms with Crippen molar-refractivity contribution < 1.29 is 0 Å². The zero-order chi connectivity index (χ0) is 26.5. The summed E-state index contributed by atoms with van der Waals surface area (Å²) in [5.41, 5.74) is 12.2. The Morgan fingerprint density at radius 2 is 1.00 bits per heavy atom. The third-order valence-corrected chi connectivity index (χ3v) is 7.76. The number of rotatable bonds is 4. The van der Waals surface area contributed by atoms with Gasteiger partial charge < -0.3 is 0 Å². The minimum Gasteiger partial charge on any atom is -0.264 e. The second-order valence-electron chi connectivity index (χ2n) is 10.0. The van der Waals surface area contributed by atoms with Gasteiger partial charge >= 0.3 is 0 Å². The van der Waals surface area contributed by atoms with Crippen LogP contribution in [0.3, 0.4) is 0 Å². The Morgan fingerprint density at radius 1 is 0.400 bits per heavy atom. The molecule has 0 saturated heterocycles. The summed E-state index contributed by atoms with van der Waals surface area (Å²) in [7, 11) is 0. The predicted molar refractivity (Wildman–Crippen MR) is 164 cm³/mol. The second kappa shape index (κ2) is 9.11. The van der Waals surface area contributed by atoms with E-state index in [1.54, 1.807) is 6.20 Å². The van der Waals surface area contributed by atoms with Gasteiger partial charge in [0.1, 0.15) is 0 Å². The largest absolute Gasteiger partial charge is 0.264 e. The average molecular weight is 510 g/mol. The topological polar surface area (TPSA) is 38.7 Å². The normalized spacial score (nSPS) is 11.5. The molecule has 0 N–H and O–H groups in total. The van der Waals surface area contributed by atoms with Crippen molar-refractivity contribution in [1.82, 2.24) is 15.0 Å². The van der Waals surface area contributed by atoms with Crippen LogP contribution in [-0.4, -0.2) is 15.0 Å². The molecule has 2 aromatic heterocycles. The summed E-state index contributed by atoms with van der Waals surface area (Å²) in [6.07, 6.45) is 3.70. The molecule has 0 saturated carbocycles. The molecule has 2 heterocycles. The molecule has 0 fully saturated rings. The predicted octanol–water partition coefficient (Wildman–Crippen LogP) is 9.34.